The molecule has 19 heavy (non-hydrogen) atoms. The highest BCUT2D eigenvalue weighted by Crippen LogP contribution is 2.20. The van der Waals surface area contributed by atoms with Gasteiger partial charge in [-0.3, -0.25) is 4.79 Å². The molecule has 0 unspecified atom stereocenters. The van der Waals surface area contributed by atoms with E-state index >= 15 is 0 Å². The number of amides is 1. The van der Waals surface area contributed by atoms with Crippen LogP contribution in [-0.2, 0) is 0 Å². The fourth-order valence-electron chi connectivity index (χ4n) is 1.47. The van der Waals surface area contributed by atoms with Crippen molar-refractivity contribution >= 4 is 23.3 Å². The number of nitrogens with zero attached hydrogens (tertiary/aromatic N) is 2. The van der Waals surface area contributed by atoms with E-state index in [2.05, 4.69) is 15.5 Å². The molecule has 1 aromatic carbocycles. The molecule has 1 amide bonds. The fourth-order valence-corrected chi connectivity index (χ4v) is 1.68. The van der Waals surface area contributed by atoms with Crippen molar-refractivity contribution < 1.29 is 9.18 Å². The number of hydrogen-bond acceptors (Lipinski definition) is 3. The van der Waals surface area contributed by atoms with E-state index in [9.17, 15) is 9.18 Å². The molecule has 0 aliphatic rings. The molecule has 0 saturated heterocycles. The van der Waals surface area contributed by atoms with Gasteiger partial charge in [0.1, 0.15) is 5.82 Å². The predicted octanol–water partition coefficient (Wildman–Crippen LogP) is 3.14. The first kappa shape index (κ1) is 13.4. The molecule has 0 aliphatic heterocycles. The summed E-state index contributed by atoms with van der Waals surface area (Å²) in [4.78, 5) is 12.0. The van der Waals surface area contributed by atoms with Crippen LogP contribution in [0.4, 0.5) is 10.2 Å². The first-order valence-corrected chi connectivity index (χ1v) is 5.93. The molecule has 1 heterocycles. The van der Waals surface area contributed by atoms with Gasteiger partial charge in [0.2, 0.25) is 0 Å². The minimum Gasteiger partial charge on any atom is -0.305 e. The standard InChI is InChI=1S/C13H11ClFN3O/c1-7-6-11(18-17-8(7)2)16-13(19)9-4-3-5-10(15)12(9)14/h3-6H,1-2H3,(H,16,18,19). The lowest BCUT2D eigenvalue weighted by atomic mass is 10.2. The summed E-state index contributed by atoms with van der Waals surface area (Å²) in [6, 6.07) is 5.74. The van der Waals surface area contributed by atoms with E-state index in [-0.39, 0.29) is 10.6 Å². The Labute approximate surface area is 114 Å². The Morgan fingerprint density at radius 1 is 1.32 bits per heavy atom. The number of nitrogens with one attached hydrogen (secondary N) is 1. The van der Waals surface area contributed by atoms with Gasteiger partial charge in [0, 0.05) is 0 Å². The van der Waals surface area contributed by atoms with Crippen LogP contribution in [0.1, 0.15) is 21.6 Å². The summed E-state index contributed by atoms with van der Waals surface area (Å²) in [5, 5.41) is 10.1. The average Bonchev–Trinajstić information content (AvgIpc) is 2.37. The van der Waals surface area contributed by atoms with Gasteiger partial charge >= 0.3 is 0 Å². The molecule has 1 aromatic heterocycles. The summed E-state index contributed by atoms with van der Waals surface area (Å²) in [5.74, 6) is -0.865. The summed E-state index contributed by atoms with van der Waals surface area (Å²) in [6.45, 7) is 3.67. The van der Waals surface area contributed by atoms with E-state index in [1.54, 1.807) is 6.07 Å². The molecule has 0 bridgehead atoms. The number of hydrogen-bond donors (Lipinski definition) is 1. The van der Waals surface area contributed by atoms with Gasteiger partial charge in [0.15, 0.2) is 5.82 Å². The first-order valence-electron chi connectivity index (χ1n) is 5.55. The number of carbonyl (C=O) groups excluding carboxylic acids is 1. The van der Waals surface area contributed by atoms with Crippen LogP contribution in [0, 0.1) is 19.7 Å². The quantitative estimate of drug-likeness (QED) is 0.919. The highest BCUT2D eigenvalue weighted by atomic mass is 35.5. The molecule has 1 N–H and O–H groups in total. The van der Waals surface area contributed by atoms with Gasteiger partial charge in [0.05, 0.1) is 16.3 Å². The van der Waals surface area contributed by atoms with E-state index in [0.717, 1.165) is 11.3 Å². The number of carbonyl (C=O) groups is 1. The van der Waals surface area contributed by atoms with Crippen molar-refractivity contribution in [3.63, 3.8) is 0 Å². The van der Waals surface area contributed by atoms with Crippen LogP contribution < -0.4 is 5.32 Å². The maximum Gasteiger partial charge on any atom is 0.258 e. The second-order valence-corrected chi connectivity index (χ2v) is 4.43. The number of benzene rings is 1. The zero-order valence-electron chi connectivity index (χ0n) is 10.4. The third kappa shape index (κ3) is 2.88. The van der Waals surface area contributed by atoms with E-state index in [1.165, 1.54) is 18.2 Å². The number of aromatic nitrogens is 2. The third-order valence-electron chi connectivity index (χ3n) is 2.67. The molecule has 6 heteroatoms. The second-order valence-electron chi connectivity index (χ2n) is 4.05. The highest BCUT2D eigenvalue weighted by molar-refractivity contribution is 6.34. The largest absolute Gasteiger partial charge is 0.305 e. The van der Waals surface area contributed by atoms with Crippen molar-refractivity contribution in [2.45, 2.75) is 13.8 Å². The monoisotopic (exact) mass is 279 g/mol. The van der Waals surface area contributed by atoms with Crippen LogP contribution in [0.15, 0.2) is 24.3 Å². The maximum absolute atomic E-state index is 13.3. The second kappa shape index (κ2) is 5.32. The topological polar surface area (TPSA) is 54.9 Å². The smallest absolute Gasteiger partial charge is 0.258 e. The van der Waals surface area contributed by atoms with Crippen LogP contribution in [-0.4, -0.2) is 16.1 Å². The van der Waals surface area contributed by atoms with Gasteiger partial charge < -0.3 is 5.32 Å². The average molecular weight is 280 g/mol. The molecule has 0 fully saturated rings. The number of aryl methyl sites for hydroxylation is 2. The van der Waals surface area contributed by atoms with Gasteiger partial charge in [-0.2, -0.15) is 5.10 Å². The molecular formula is C13H11ClFN3O. The van der Waals surface area contributed by atoms with Gasteiger partial charge in [-0.1, -0.05) is 17.7 Å². The molecule has 4 nitrogen and oxygen atoms in total. The highest BCUT2D eigenvalue weighted by Gasteiger charge is 2.14. The number of rotatable bonds is 2. The van der Waals surface area contributed by atoms with Crippen molar-refractivity contribution in [1.29, 1.82) is 0 Å². The maximum atomic E-state index is 13.3. The third-order valence-corrected chi connectivity index (χ3v) is 3.05. The van der Waals surface area contributed by atoms with Gasteiger partial charge in [-0.25, -0.2) is 4.39 Å². The molecule has 0 atom stereocenters. The van der Waals surface area contributed by atoms with E-state index in [4.69, 9.17) is 11.6 Å². The van der Waals surface area contributed by atoms with Crippen LogP contribution >= 0.6 is 11.6 Å². The predicted molar refractivity (Wildman–Crippen MR) is 70.9 cm³/mol. The number of halogens is 2. The van der Waals surface area contributed by atoms with Crippen molar-refractivity contribution in [3.05, 3.63) is 51.9 Å². The molecule has 2 aromatic rings. The Balaban J connectivity index is 2.26. The molecule has 2 rings (SSSR count). The Kier molecular flexibility index (Phi) is 3.76. The first-order chi connectivity index (χ1) is 8.99. The minimum atomic E-state index is -0.638. The lowest BCUT2D eigenvalue weighted by molar-refractivity contribution is 0.102. The van der Waals surface area contributed by atoms with Crippen molar-refractivity contribution in [2.75, 3.05) is 5.32 Å². The summed E-state index contributed by atoms with van der Waals surface area (Å²) in [5.41, 5.74) is 1.74. The van der Waals surface area contributed by atoms with Crippen molar-refractivity contribution in [1.82, 2.24) is 10.2 Å². The lowest BCUT2D eigenvalue weighted by Crippen LogP contribution is -2.14. The zero-order chi connectivity index (χ0) is 14.0. The summed E-state index contributed by atoms with van der Waals surface area (Å²) in [7, 11) is 0. The van der Waals surface area contributed by atoms with Crippen LogP contribution in [0.5, 0.6) is 0 Å². The van der Waals surface area contributed by atoms with Crippen LogP contribution in [0.3, 0.4) is 0 Å². The fraction of sp³-hybridized carbons (Fsp3) is 0.154. The molecule has 0 saturated carbocycles. The van der Waals surface area contributed by atoms with E-state index in [1.807, 2.05) is 13.8 Å². The normalized spacial score (nSPS) is 10.3. The molecule has 0 spiro atoms. The molecule has 0 aliphatic carbocycles. The Bertz CT molecular complexity index is 646. The lowest BCUT2D eigenvalue weighted by Gasteiger charge is -2.07. The summed E-state index contributed by atoms with van der Waals surface area (Å²) >= 11 is 5.74. The van der Waals surface area contributed by atoms with Crippen molar-refractivity contribution in [2.24, 2.45) is 0 Å². The van der Waals surface area contributed by atoms with Gasteiger partial charge in [0.25, 0.3) is 5.91 Å². The van der Waals surface area contributed by atoms with E-state index in [0.29, 0.717) is 5.82 Å². The van der Waals surface area contributed by atoms with Crippen molar-refractivity contribution in [3.8, 4) is 0 Å². The van der Waals surface area contributed by atoms with Crippen LogP contribution in [0.25, 0.3) is 0 Å². The Hall–Kier alpha value is -2.01. The van der Waals surface area contributed by atoms with Gasteiger partial charge in [-0.15, -0.1) is 5.10 Å². The Morgan fingerprint density at radius 3 is 2.74 bits per heavy atom. The molecule has 98 valence electrons. The molecular weight excluding hydrogens is 269 g/mol. The Morgan fingerprint density at radius 2 is 2.05 bits per heavy atom. The minimum absolute atomic E-state index is 0.0571. The summed E-state index contributed by atoms with van der Waals surface area (Å²) < 4.78 is 13.3. The zero-order valence-corrected chi connectivity index (χ0v) is 11.1. The SMILES string of the molecule is Cc1cc(NC(=O)c2cccc(F)c2Cl)nnc1C. The molecule has 0 radical (unpaired) electrons. The number of anilines is 1. The van der Waals surface area contributed by atoms with Gasteiger partial charge in [-0.05, 0) is 37.6 Å². The summed E-state index contributed by atoms with van der Waals surface area (Å²) in [6.07, 6.45) is 0. The van der Waals surface area contributed by atoms with Crippen LogP contribution in [0.2, 0.25) is 5.02 Å². The van der Waals surface area contributed by atoms with E-state index < -0.39 is 11.7 Å².